The number of thioether (sulfide) groups is 1. The van der Waals surface area contributed by atoms with Gasteiger partial charge in [-0.2, -0.15) is 0 Å². The van der Waals surface area contributed by atoms with E-state index in [9.17, 15) is 18.0 Å². The summed E-state index contributed by atoms with van der Waals surface area (Å²) in [6, 6.07) is 5.83. The Bertz CT molecular complexity index is 774. The number of para-hydroxylation sites is 1. The Hall–Kier alpha value is -1.54. The molecular weight excluding hydrogens is 374 g/mol. The van der Waals surface area contributed by atoms with Gasteiger partial charge in [0, 0.05) is 10.9 Å². The van der Waals surface area contributed by atoms with E-state index in [1.807, 2.05) is 39.0 Å². The number of hydrogen-bond acceptors (Lipinski definition) is 6. The number of sulfone groups is 1. The average molecular weight is 400 g/mol. The number of hydrogen-bond donors (Lipinski definition) is 1. The van der Waals surface area contributed by atoms with Crippen molar-refractivity contribution < 1.29 is 22.7 Å². The minimum Gasteiger partial charge on any atom is -0.455 e. The normalized spacial score (nSPS) is 18.7. The molecule has 144 valence electrons. The van der Waals surface area contributed by atoms with Crippen LogP contribution in [0.1, 0.15) is 37.3 Å². The summed E-state index contributed by atoms with van der Waals surface area (Å²) in [5.74, 6) is -0.305. The van der Waals surface area contributed by atoms with E-state index in [4.69, 9.17) is 4.74 Å². The van der Waals surface area contributed by atoms with Crippen molar-refractivity contribution in [2.45, 2.75) is 38.4 Å². The van der Waals surface area contributed by atoms with Crippen LogP contribution in [0.3, 0.4) is 0 Å². The van der Waals surface area contributed by atoms with Gasteiger partial charge in [0.1, 0.15) is 0 Å². The van der Waals surface area contributed by atoms with Gasteiger partial charge < -0.3 is 10.1 Å². The van der Waals surface area contributed by atoms with Gasteiger partial charge in [-0.15, -0.1) is 11.8 Å². The molecule has 1 aliphatic heterocycles. The minimum atomic E-state index is -2.96. The van der Waals surface area contributed by atoms with Crippen LogP contribution in [0, 0.1) is 6.92 Å². The van der Waals surface area contributed by atoms with Crippen LogP contribution < -0.4 is 5.32 Å². The first kappa shape index (κ1) is 20.8. The third-order valence-corrected chi connectivity index (χ3v) is 7.44. The highest BCUT2D eigenvalue weighted by Crippen LogP contribution is 2.27. The molecule has 0 saturated carbocycles. The molecule has 1 fully saturated rings. The molecule has 8 heteroatoms. The SMILES string of the molecule is Cc1cccc(C(C)C)c1NC(=O)COC(=O)CS[C@H]1CCS(=O)(=O)C1. The first-order valence-corrected chi connectivity index (χ1v) is 11.4. The van der Waals surface area contributed by atoms with Gasteiger partial charge in [0.25, 0.3) is 5.91 Å². The number of amides is 1. The van der Waals surface area contributed by atoms with Gasteiger partial charge in [0.2, 0.25) is 0 Å². The zero-order valence-electron chi connectivity index (χ0n) is 15.3. The maximum absolute atomic E-state index is 12.1. The van der Waals surface area contributed by atoms with Gasteiger partial charge in [-0.05, 0) is 30.4 Å². The third kappa shape index (κ3) is 6.02. The standard InChI is InChI=1S/C18H25NO5S2/c1-12(2)15-6-4-5-13(3)18(15)19-16(20)9-24-17(21)10-25-14-7-8-26(22,23)11-14/h4-6,12,14H,7-11H2,1-3H3,(H,19,20)/t14-/m0/s1. The molecule has 0 unspecified atom stereocenters. The van der Waals surface area contributed by atoms with E-state index in [1.54, 1.807) is 0 Å². The van der Waals surface area contributed by atoms with E-state index in [1.165, 1.54) is 11.8 Å². The van der Waals surface area contributed by atoms with Crippen LogP contribution in [0.15, 0.2) is 18.2 Å². The molecule has 0 spiro atoms. The summed E-state index contributed by atoms with van der Waals surface area (Å²) < 4.78 is 27.8. The molecular formula is C18H25NO5S2. The molecule has 0 aromatic heterocycles. The zero-order chi connectivity index (χ0) is 19.3. The van der Waals surface area contributed by atoms with E-state index in [0.29, 0.717) is 6.42 Å². The molecule has 1 aromatic rings. The van der Waals surface area contributed by atoms with Gasteiger partial charge in [-0.25, -0.2) is 8.42 Å². The first-order valence-electron chi connectivity index (χ1n) is 8.55. The lowest BCUT2D eigenvalue weighted by Gasteiger charge is -2.16. The molecule has 1 heterocycles. The predicted octanol–water partition coefficient (Wildman–Crippen LogP) is 2.52. The second-order valence-corrected chi connectivity index (χ2v) is 10.3. The van der Waals surface area contributed by atoms with Gasteiger partial charge in [0.15, 0.2) is 16.4 Å². The van der Waals surface area contributed by atoms with Crippen molar-refractivity contribution in [3.63, 3.8) is 0 Å². The maximum Gasteiger partial charge on any atom is 0.316 e. The molecule has 0 aliphatic carbocycles. The lowest BCUT2D eigenvalue weighted by molar-refractivity contribution is -0.144. The Morgan fingerprint density at radius 1 is 1.35 bits per heavy atom. The number of anilines is 1. The summed E-state index contributed by atoms with van der Waals surface area (Å²) >= 11 is 1.27. The number of benzene rings is 1. The molecule has 1 N–H and O–H groups in total. The lowest BCUT2D eigenvalue weighted by atomic mass is 9.98. The van der Waals surface area contributed by atoms with Crippen molar-refractivity contribution in [2.75, 3.05) is 29.2 Å². The quantitative estimate of drug-likeness (QED) is 0.709. The van der Waals surface area contributed by atoms with Crippen molar-refractivity contribution in [1.82, 2.24) is 0 Å². The summed E-state index contributed by atoms with van der Waals surface area (Å²) in [4.78, 5) is 23.9. The number of aryl methyl sites for hydroxylation is 1. The summed E-state index contributed by atoms with van der Waals surface area (Å²) in [5.41, 5.74) is 2.74. The van der Waals surface area contributed by atoms with Crippen molar-refractivity contribution in [2.24, 2.45) is 0 Å². The molecule has 1 aromatic carbocycles. The third-order valence-electron chi connectivity index (χ3n) is 4.18. The second-order valence-electron chi connectivity index (χ2n) is 6.74. The van der Waals surface area contributed by atoms with Crippen LogP contribution >= 0.6 is 11.8 Å². The van der Waals surface area contributed by atoms with Crippen LogP contribution in [0.5, 0.6) is 0 Å². The van der Waals surface area contributed by atoms with Crippen LogP contribution in [-0.4, -0.2) is 49.4 Å². The molecule has 0 bridgehead atoms. The number of carbonyl (C=O) groups is 2. The number of carbonyl (C=O) groups excluding carboxylic acids is 2. The van der Waals surface area contributed by atoms with Crippen LogP contribution in [0.25, 0.3) is 0 Å². The van der Waals surface area contributed by atoms with Gasteiger partial charge in [-0.3, -0.25) is 9.59 Å². The Balaban J connectivity index is 1.79. The van der Waals surface area contributed by atoms with Gasteiger partial charge in [-0.1, -0.05) is 32.0 Å². The molecule has 1 atom stereocenters. The van der Waals surface area contributed by atoms with E-state index in [0.717, 1.165) is 16.8 Å². The van der Waals surface area contributed by atoms with Crippen molar-refractivity contribution >= 4 is 39.2 Å². The zero-order valence-corrected chi connectivity index (χ0v) is 16.9. The number of esters is 1. The Morgan fingerprint density at radius 3 is 2.69 bits per heavy atom. The summed E-state index contributed by atoms with van der Waals surface area (Å²) in [6.07, 6.45) is 0.562. The molecule has 1 saturated heterocycles. The molecule has 1 amide bonds. The van der Waals surface area contributed by atoms with E-state index < -0.39 is 15.8 Å². The summed E-state index contributed by atoms with van der Waals surface area (Å²) in [6.45, 7) is 5.66. The fourth-order valence-corrected chi connectivity index (χ4v) is 6.22. The first-order chi connectivity index (χ1) is 12.2. The summed E-state index contributed by atoms with van der Waals surface area (Å²) in [7, 11) is -2.96. The van der Waals surface area contributed by atoms with Gasteiger partial charge in [0.05, 0.1) is 17.3 Å². The molecule has 1 aliphatic rings. The smallest absolute Gasteiger partial charge is 0.316 e. The number of nitrogens with one attached hydrogen (secondary N) is 1. The highest BCUT2D eigenvalue weighted by molar-refractivity contribution is 8.02. The molecule has 6 nitrogen and oxygen atoms in total. The van der Waals surface area contributed by atoms with Crippen LogP contribution in [0.4, 0.5) is 5.69 Å². The Labute approximate surface area is 159 Å². The molecule has 0 radical (unpaired) electrons. The number of rotatable bonds is 7. The lowest BCUT2D eigenvalue weighted by Crippen LogP contribution is -2.23. The van der Waals surface area contributed by atoms with Crippen molar-refractivity contribution in [3.05, 3.63) is 29.3 Å². The summed E-state index contributed by atoms with van der Waals surface area (Å²) in [5, 5.41) is 2.75. The fraction of sp³-hybridized carbons (Fsp3) is 0.556. The highest BCUT2D eigenvalue weighted by Gasteiger charge is 2.28. The van der Waals surface area contributed by atoms with Crippen LogP contribution in [0.2, 0.25) is 0 Å². The van der Waals surface area contributed by atoms with Crippen LogP contribution in [-0.2, 0) is 24.2 Å². The van der Waals surface area contributed by atoms with E-state index >= 15 is 0 Å². The van der Waals surface area contributed by atoms with E-state index in [-0.39, 0.29) is 40.9 Å². The monoisotopic (exact) mass is 399 g/mol. The molecule has 26 heavy (non-hydrogen) atoms. The topological polar surface area (TPSA) is 89.5 Å². The fourth-order valence-electron chi connectivity index (χ4n) is 2.78. The maximum atomic E-state index is 12.1. The van der Waals surface area contributed by atoms with E-state index in [2.05, 4.69) is 5.32 Å². The predicted molar refractivity (Wildman–Crippen MR) is 104 cm³/mol. The number of ether oxygens (including phenoxy) is 1. The molecule has 2 rings (SSSR count). The minimum absolute atomic E-state index is 0.0507. The second kappa shape index (κ2) is 8.90. The largest absolute Gasteiger partial charge is 0.455 e. The Kier molecular flexibility index (Phi) is 7.11. The van der Waals surface area contributed by atoms with Gasteiger partial charge >= 0.3 is 5.97 Å². The Morgan fingerprint density at radius 2 is 2.08 bits per heavy atom. The average Bonchev–Trinajstić information content (AvgIpc) is 2.91. The highest BCUT2D eigenvalue weighted by atomic mass is 32.2. The van der Waals surface area contributed by atoms with Crippen molar-refractivity contribution in [3.8, 4) is 0 Å². The van der Waals surface area contributed by atoms with Crippen molar-refractivity contribution in [1.29, 1.82) is 0 Å².